The Morgan fingerprint density at radius 1 is 1.39 bits per heavy atom. The number of anilines is 1. The molecule has 3 nitrogen and oxygen atoms in total. The van der Waals surface area contributed by atoms with Crippen LogP contribution in [0.3, 0.4) is 0 Å². The van der Waals surface area contributed by atoms with Crippen molar-refractivity contribution in [1.82, 2.24) is 4.98 Å². The van der Waals surface area contributed by atoms with Gasteiger partial charge in [-0.05, 0) is 58.2 Å². The molecular formula is C14H12BrN3. The Hall–Kier alpha value is -1.86. The van der Waals surface area contributed by atoms with Gasteiger partial charge in [0.15, 0.2) is 0 Å². The van der Waals surface area contributed by atoms with Crippen molar-refractivity contribution in [3.63, 3.8) is 0 Å². The summed E-state index contributed by atoms with van der Waals surface area (Å²) < 4.78 is 0.804. The maximum Gasteiger partial charge on any atom is 0.100 e. The summed E-state index contributed by atoms with van der Waals surface area (Å²) in [7, 11) is 0. The molecule has 1 heterocycles. The summed E-state index contributed by atoms with van der Waals surface area (Å²) >= 11 is 3.37. The van der Waals surface area contributed by atoms with E-state index in [1.165, 1.54) is 5.56 Å². The summed E-state index contributed by atoms with van der Waals surface area (Å²) in [5.41, 5.74) is 3.99. The lowest BCUT2D eigenvalue weighted by Crippen LogP contribution is -2.01. The molecule has 2 rings (SSSR count). The number of aromatic nitrogens is 1. The highest BCUT2D eigenvalue weighted by Gasteiger charge is 2.01. The number of hydrogen-bond acceptors (Lipinski definition) is 3. The molecule has 0 aliphatic heterocycles. The van der Waals surface area contributed by atoms with Gasteiger partial charge in [-0.1, -0.05) is 0 Å². The van der Waals surface area contributed by atoms with Crippen LogP contribution in [0.4, 0.5) is 5.69 Å². The third-order valence-electron chi connectivity index (χ3n) is 2.72. The van der Waals surface area contributed by atoms with Crippen molar-refractivity contribution in [3.05, 3.63) is 57.8 Å². The zero-order valence-corrected chi connectivity index (χ0v) is 11.5. The molecule has 0 bridgehead atoms. The third kappa shape index (κ3) is 2.88. The van der Waals surface area contributed by atoms with Crippen LogP contribution in [0.25, 0.3) is 0 Å². The number of pyridine rings is 1. The Balaban J connectivity index is 2.10. The minimum atomic E-state index is 0.637. The molecule has 0 radical (unpaired) electrons. The summed E-state index contributed by atoms with van der Waals surface area (Å²) in [5, 5.41) is 12.2. The van der Waals surface area contributed by atoms with Gasteiger partial charge in [0.2, 0.25) is 0 Å². The molecule has 0 unspecified atom stereocenters. The minimum absolute atomic E-state index is 0.637. The zero-order valence-electron chi connectivity index (χ0n) is 9.94. The van der Waals surface area contributed by atoms with Crippen molar-refractivity contribution < 1.29 is 0 Å². The van der Waals surface area contributed by atoms with Gasteiger partial charge in [0.1, 0.15) is 6.07 Å². The summed E-state index contributed by atoms with van der Waals surface area (Å²) in [6, 6.07) is 9.71. The molecule has 2 aromatic rings. The number of nitriles is 1. The van der Waals surface area contributed by atoms with Crippen LogP contribution in [-0.4, -0.2) is 4.98 Å². The second-order valence-corrected chi connectivity index (χ2v) is 4.82. The van der Waals surface area contributed by atoms with Gasteiger partial charge < -0.3 is 5.32 Å². The fourth-order valence-electron chi connectivity index (χ4n) is 1.59. The Labute approximate surface area is 115 Å². The van der Waals surface area contributed by atoms with E-state index in [1.54, 1.807) is 12.3 Å². The smallest absolute Gasteiger partial charge is 0.100 e. The van der Waals surface area contributed by atoms with Gasteiger partial charge in [0, 0.05) is 29.1 Å². The van der Waals surface area contributed by atoms with E-state index >= 15 is 0 Å². The van der Waals surface area contributed by atoms with E-state index in [2.05, 4.69) is 39.2 Å². The van der Waals surface area contributed by atoms with Crippen molar-refractivity contribution in [1.29, 1.82) is 5.26 Å². The molecule has 0 spiro atoms. The first kappa shape index (κ1) is 12.6. The maximum absolute atomic E-state index is 8.84. The molecule has 1 aromatic carbocycles. The van der Waals surface area contributed by atoms with Gasteiger partial charge in [-0.2, -0.15) is 5.26 Å². The molecule has 0 saturated heterocycles. The van der Waals surface area contributed by atoms with Gasteiger partial charge in [0.05, 0.1) is 5.56 Å². The average Bonchev–Trinajstić information content (AvgIpc) is 2.38. The molecule has 0 atom stereocenters. The molecule has 0 aliphatic rings. The SMILES string of the molecule is Cc1ccncc1CNc1ccc(C#N)c(Br)c1. The third-order valence-corrected chi connectivity index (χ3v) is 3.38. The van der Waals surface area contributed by atoms with Gasteiger partial charge in [-0.25, -0.2) is 0 Å². The molecule has 0 saturated carbocycles. The largest absolute Gasteiger partial charge is 0.381 e. The molecule has 90 valence electrons. The van der Waals surface area contributed by atoms with Crippen LogP contribution < -0.4 is 5.32 Å². The van der Waals surface area contributed by atoms with E-state index in [4.69, 9.17) is 5.26 Å². The van der Waals surface area contributed by atoms with Crippen LogP contribution in [0.15, 0.2) is 41.1 Å². The standard InChI is InChI=1S/C14H12BrN3/c1-10-4-5-17-8-12(10)9-18-13-3-2-11(7-16)14(15)6-13/h2-6,8,18H,9H2,1H3. The Kier molecular flexibility index (Phi) is 3.96. The first-order chi connectivity index (χ1) is 8.70. The molecule has 1 aromatic heterocycles. The van der Waals surface area contributed by atoms with Crippen molar-refractivity contribution >= 4 is 21.6 Å². The molecule has 0 aliphatic carbocycles. The Morgan fingerprint density at radius 3 is 2.89 bits per heavy atom. The minimum Gasteiger partial charge on any atom is -0.381 e. The van der Waals surface area contributed by atoms with Crippen molar-refractivity contribution in [2.24, 2.45) is 0 Å². The summed E-state index contributed by atoms with van der Waals surface area (Å²) in [6.07, 6.45) is 3.65. The van der Waals surface area contributed by atoms with E-state index in [-0.39, 0.29) is 0 Å². The Bertz CT molecular complexity index is 602. The van der Waals surface area contributed by atoms with Crippen LogP contribution >= 0.6 is 15.9 Å². The van der Waals surface area contributed by atoms with Crippen LogP contribution in [0.2, 0.25) is 0 Å². The molecule has 0 fully saturated rings. The normalized spacial score (nSPS) is 9.83. The first-order valence-electron chi connectivity index (χ1n) is 5.53. The van der Waals surface area contributed by atoms with Crippen LogP contribution in [0, 0.1) is 18.3 Å². The number of hydrogen-bond donors (Lipinski definition) is 1. The summed E-state index contributed by atoms with van der Waals surface area (Å²) in [5.74, 6) is 0. The van der Waals surface area contributed by atoms with Gasteiger partial charge in [-0.3, -0.25) is 4.98 Å². The predicted octanol–water partition coefficient (Wildman–Crippen LogP) is 3.64. The summed E-state index contributed by atoms with van der Waals surface area (Å²) in [6.45, 7) is 2.78. The Morgan fingerprint density at radius 2 is 2.22 bits per heavy atom. The highest BCUT2D eigenvalue weighted by molar-refractivity contribution is 9.10. The van der Waals surface area contributed by atoms with Crippen LogP contribution in [0.5, 0.6) is 0 Å². The lowest BCUT2D eigenvalue weighted by Gasteiger charge is -2.09. The molecule has 4 heteroatoms. The lowest BCUT2D eigenvalue weighted by atomic mass is 10.1. The van der Waals surface area contributed by atoms with E-state index in [0.717, 1.165) is 22.3 Å². The van der Waals surface area contributed by atoms with Crippen molar-refractivity contribution in [2.75, 3.05) is 5.32 Å². The second kappa shape index (κ2) is 5.65. The fourth-order valence-corrected chi connectivity index (χ4v) is 2.06. The number of rotatable bonds is 3. The van der Waals surface area contributed by atoms with Gasteiger partial charge in [-0.15, -0.1) is 0 Å². The summed E-state index contributed by atoms with van der Waals surface area (Å²) in [4.78, 5) is 4.11. The molecule has 0 amide bonds. The van der Waals surface area contributed by atoms with E-state index in [0.29, 0.717) is 5.56 Å². The number of aryl methyl sites for hydroxylation is 1. The van der Waals surface area contributed by atoms with Gasteiger partial charge >= 0.3 is 0 Å². The average molecular weight is 302 g/mol. The van der Waals surface area contributed by atoms with E-state index in [1.807, 2.05) is 24.4 Å². The van der Waals surface area contributed by atoms with E-state index < -0.39 is 0 Å². The van der Waals surface area contributed by atoms with Gasteiger partial charge in [0.25, 0.3) is 0 Å². The predicted molar refractivity (Wildman–Crippen MR) is 75.2 cm³/mol. The van der Waals surface area contributed by atoms with Crippen LogP contribution in [-0.2, 0) is 6.54 Å². The number of benzene rings is 1. The topological polar surface area (TPSA) is 48.7 Å². The molecule has 1 N–H and O–H groups in total. The quantitative estimate of drug-likeness (QED) is 0.941. The van der Waals surface area contributed by atoms with Crippen molar-refractivity contribution in [3.8, 4) is 6.07 Å². The number of nitrogens with zero attached hydrogens (tertiary/aromatic N) is 2. The monoisotopic (exact) mass is 301 g/mol. The molecular weight excluding hydrogens is 290 g/mol. The highest BCUT2D eigenvalue weighted by Crippen LogP contribution is 2.21. The number of nitrogens with one attached hydrogen (secondary N) is 1. The lowest BCUT2D eigenvalue weighted by molar-refractivity contribution is 1.08. The number of halogens is 1. The van der Waals surface area contributed by atoms with E-state index in [9.17, 15) is 0 Å². The molecule has 18 heavy (non-hydrogen) atoms. The second-order valence-electron chi connectivity index (χ2n) is 3.96. The zero-order chi connectivity index (χ0) is 13.0. The van der Waals surface area contributed by atoms with Crippen molar-refractivity contribution in [2.45, 2.75) is 13.5 Å². The first-order valence-corrected chi connectivity index (χ1v) is 6.33. The highest BCUT2D eigenvalue weighted by atomic mass is 79.9. The van der Waals surface area contributed by atoms with Crippen LogP contribution in [0.1, 0.15) is 16.7 Å². The maximum atomic E-state index is 8.84. The fraction of sp³-hybridized carbons (Fsp3) is 0.143.